The fraction of sp³-hybridized carbons (Fsp3) is 0.333. The minimum absolute atomic E-state index is 0. The van der Waals surface area contributed by atoms with Crippen molar-refractivity contribution >= 4 is 73.1 Å². The average Bonchev–Trinajstić information content (AvgIpc) is 1.71. The SMILES string of the molecule is C#CC.F[B-](F)(F)F.F[B-](F)(F)F.F[B-](F)(F)F.[KH]. The Kier molecular flexibility index (Phi) is 25.0. The molecule has 0 aliphatic carbocycles. The molecule has 0 aliphatic rings. The van der Waals surface area contributed by atoms with Gasteiger partial charge in [-0.15, -0.1) is 12.3 Å². The van der Waals surface area contributed by atoms with Crippen molar-refractivity contribution in [3.63, 3.8) is 0 Å². The third kappa shape index (κ3) is 16700. The summed E-state index contributed by atoms with van der Waals surface area (Å²) >= 11 is 0. The van der Waals surface area contributed by atoms with Gasteiger partial charge in [0.05, 0.1) is 0 Å². The Balaban J connectivity index is -0.0000000458. The molecule has 0 heterocycles. The molecule has 19 heavy (non-hydrogen) atoms. The van der Waals surface area contributed by atoms with E-state index in [9.17, 15) is 51.8 Å². The molecule has 0 radical (unpaired) electrons. The molecule has 114 valence electrons. The maximum atomic E-state index is 9.75. The number of rotatable bonds is 0. The Morgan fingerprint density at radius 2 is 0.579 bits per heavy atom. The quantitative estimate of drug-likeness (QED) is 0.356. The molecule has 0 atom stereocenters. The summed E-state index contributed by atoms with van der Waals surface area (Å²) in [7, 11) is -18.0. The van der Waals surface area contributed by atoms with Crippen LogP contribution in [0.3, 0.4) is 0 Å². The third-order valence-corrected chi connectivity index (χ3v) is 0. The topological polar surface area (TPSA) is 0 Å². The van der Waals surface area contributed by atoms with Crippen molar-refractivity contribution in [1.82, 2.24) is 0 Å². The van der Waals surface area contributed by atoms with Gasteiger partial charge in [-0.1, -0.05) is 0 Å². The first-order chi connectivity index (χ1) is 7.41. The van der Waals surface area contributed by atoms with Crippen molar-refractivity contribution in [2.75, 3.05) is 0 Å². The molecular formula is C3H5B3F12K-3. The molecule has 0 N–H and O–H groups in total. The molecule has 16 heteroatoms. The van der Waals surface area contributed by atoms with Crippen LogP contribution in [0, 0.1) is 12.3 Å². The zero-order chi connectivity index (χ0) is 16.2. The van der Waals surface area contributed by atoms with Gasteiger partial charge in [0.15, 0.2) is 0 Å². The molecule has 0 nitrogen and oxygen atoms in total. The molecule has 0 bridgehead atoms. The molecule has 0 spiro atoms. The van der Waals surface area contributed by atoms with E-state index in [-0.39, 0.29) is 51.4 Å². The predicted octanol–water partition coefficient (Wildman–Crippen LogP) is 3.89. The van der Waals surface area contributed by atoms with E-state index in [0.29, 0.717) is 0 Å². The van der Waals surface area contributed by atoms with Gasteiger partial charge in [-0.3, -0.25) is 0 Å². The van der Waals surface area contributed by atoms with Crippen LogP contribution in [0.25, 0.3) is 0 Å². The molecule has 0 aliphatic heterocycles. The Labute approximate surface area is 143 Å². The van der Waals surface area contributed by atoms with E-state index in [0.717, 1.165) is 0 Å². The van der Waals surface area contributed by atoms with Crippen LogP contribution in [-0.2, 0) is 0 Å². The number of halogens is 12. The maximum absolute atomic E-state index is 9.75. The molecular weight excluding hydrogens is 336 g/mol. The van der Waals surface area contributed by atoms with Crippen LogP contribution < -0.4 is 0 Å². The first-order valence-electron chi connectivity index (χ1n) is 3.41. The normalized spacial score (nSPS) is 9.89. The van der Waals surface area contributed by atoms with Gasteiger partial charge in [0.2, 0.25) is 0 Å². The number of hydrogen-bond acceptors (Lipinski definition) is 0. The van der Waals surface area contributed by atoms with Crippen molar-refractivity contribution in [3.05, 3.63) is 0 Å². The standard InChI is InChI=1S/C3H4.3BF4.K.H/c1-3-2;3*2-1(3,4)5;;/h1H,2H3;;;;;/q;3*-1;;. The van der Waals surface area contributed by atoms with Gasteiger partial charge < -0.3 is 51.8 Å². The summed E-state index contributed by atoms with van der Waals surface area (Å²) in [6.45, 7) is 1.65. The minimum atomic E-state index is -6.00. The summed E-state index contributed by atoms with van der Waals surface area (Å²) in [5, 5.41) is 0. The van der Waals surface area contributed by atoms with E-state index in [1.165, 1.54) is 0 Å². The van der Waals surface area contributed by atoms with E-state index in [2.05, 4.69) is 12.3 Å². The van der Waals surface area contributed by atoms with Crippen LogP contribution >= 0.6 is 0 Å². The summed E-state index contributed by atoms with van der Waals surface area (Å²) < 4.78 is 117. The zero-order valence-corrected chi connectivity index (χ0v) is 8.34. The van der Waals surface area contributed by atoms with Crippen molar-refractivity contribution < 1.29 is 51.8 Å². The summed E-state index contributed by atoms with van der Waals surface area (Å²) in [5.41, 5.74) is 0. The van der Waals surface area contributed by atoms with E-state index in [4.69, 9.17) is 0 Å². The van der Waals surface area contributed by atoms with E-state index in [1.54, 1.807) is 6.92 Å². The Morgan fingerprint density at radius 3 is 0.579 bits per heavy atom. The van der Waals surface area contributed by atoms with E-state index < -0.39 is 21.8 Å². The summed E-state index contributed by atoms with van der Waals surface area (Å²) in [4.78, 5) is 0. The second-order valence-corrected chi connectivity index (χ2v) is 1.77. The Morgan fingerprint density at radius 1 is 0.579 bits per heavy atom. The Bertz CT molecular complexity index is 164. The molecule has 0 saturated heterocycles. The monoisotopic (exact) mass is 341 g/mol. The summed E-state index contributed by atoms with van der Waals surface area (Å²) in [6, 6.07) is 0. The molecule has 0 saturated carbocycles. The molecule has 0 aromatic heterocycles. The Hall–Kier alpha value is 0.551. The molecule has 0 aromatic carbocycles. The molecule has 0 rings (SSSR count). The number of terminal acetylenes is 1. The van der Waals surface area contributed by atoms with Crippen molar-refractivity contribution in [3.8, 4) is 12.3 Å². The third-order valence-electron chi connectivity index (χ3n) is 0. The first kappa shape index (κ1) is 31.8. The molecule has 0 amide bonds. The van der Waals surface area contributed by atoms with Crippen molar-refractivity contribution in [2.45, 2.75) is 6.92 Å². The second-order valence-electron chi connectivity index (χ2n) is 1.77. The predicted molar refractivity (Wildman–Crippen MR) is 52.2 cm³/mol. The first-order valence-corrected chi connectivity index (χ1v) is 3.41. The fourth-order valence-corrected chi connectivity index (χ4v) is 0. The van der Waals surface area contributed by atoms with Crippen LogP contribution in [0.1, 0.15) is 6.92 Å². The summed E-state index contributed by atoms with van der Waals surface area (Å²) in [5.74, 6) is 2.25. The van der Waals surface area contributed by atoms with Gasteiger partial charge in [0.1, 0.15) is 0 Å². The van der Waals surface area contributed by atoms with Crippen LogP contribution in [0.5, 0.6) is 0 Å². The van der Waals surface area contributed by atoms with Gasteiger partial charge >= 0.3 is 73.1 Å². The van der Waals surface area contributed by atoms with Gasteiger partial charge in [-0.25, -0.2) is 0 Å². The summed E-state index contributed by atoms with van der Waals surface area (Å²) in [6.07, 6.45) is 4.60. The van der Waals surface area contributed by atoms with Gasteiger partial charge in [0, 0.05) is 0 Å². The second kappa shape index (κ2) is 14.9. The van der Waals surface area contributed by atoms with Gasteiger partial charge in [0.25, 0.3) is 0 Å². The van der Waals surface area contributed by atoms with Crippen LogP contribution in [-0.4, -0.2) is 73.1 Å². The van der Waals surface area contributed by atoms with Crippen LogP contribution in [0.15, 0.2) is 0 Å². The number of hydrogen-bond donors (Lipinski definition) is 0. The van der Waals surface area contributed by atoms with Gasteiger partial charge in [-0.05, 0) is 6.92 Å². The van der Waals surface area contributed by atoms with Crippen LogP contribution in [0.4, 0.5) is 51.8 Å². The fourth-order valence-electron chi connectivity index (χ4n) is 0. The molecule has 0 unspecified atom stereocenters. The zero-order valence-electron chi connectivity index (χ0n) is 8.34. The van der Waals surface area contributed by atoms with E-state index >= 15 is 0 Å². The van der Waals surface area contributed by atoms with Crippen molar-refractivity contribution in [2.24, 2.45) is 0 Å². The van der Waals surface area contributed by atoms with E-state index in [1.807, 2.05) is 0 Å². The molecule has 0 aromatic rings. The molecule has 0 fully saturated rings. The van der Waals surface area contributed by atoms with Crippen molar-refractivity contribution in [1.29, 1.82) is 0 Å². The average molecular weight is 341 g/mol. The van der Waals surface area contributed by atoms with Crippen LogP contribution in [0.2, 0.25) is 0 Å². The van der Waals surface area contributed by atoms with Gasteiger partial charge in [-0.2, -0.15) is 0 Å².